The molecule has 1 aromatic carbocycles. The number of piperazine rings is 1. The van der Waals surface area contributed by atoms with Gasteiger partial charge in [0, 0.05) is 44.6 Å². The highest BCUT2D eigenvalue weighted by Crippen LogP contribution is 2.24. The summed E-state index contributed by atoms with van der Waals surface area (Å²) in [5, 5.41) is 7.81. The predicted octanol–water partition coefficient (Wildman–Crippen LogP) is 1.39. The van der Waals surface area contributed by atoms with Crippen LogP contribution in [-0.2, 0) is 4.79 Å². The van der Waals surface area contributed by atoms with Gasteiger partial charge < -0.3 is 20.4 Å². The van der Waals surface area contributed by atoms with Crippen molar-refractivity contribution in [2.24, 2.45) is 0 Å². The lowest BCUT2D eigenvalue weighted by Crippen LogP contribution is -2.46. The number of anilines is 2. The number of likely N-dealkylation sites (N-methyl/N-ethyl adjacent to an activating group) is 1. The van der Waals surface area contributed by atoms with Gasteiger partial charge in [0.1, 0.15) is 6.04 Å². The molecule has 0 aliphatic carbocycles. The SMILES string of the molecule is CCN1CCN(c2ccc(NC(C)C(=O)NC(=O)NC)c(C)c2)CC1. The van der Waals surface area contributed by atoms with Crippen molar-refractivity contribution in [3.8, 4) is 0 Å². The van der Waals surface area contributed by atoms with Gasteiger partial charge in [-0.2, -0.15) is 0 Å². The summed E-state index contributed by atoms with van der Waals surface area (Å²) in [5.41, 5.74) is 3.19. The Kier molecular flexibility index (Phi) is 6.64. The zero-order valence-electron chi connectivity index (χ0n) is 15.6. The molecular formula is C18H29N5O2. The van der Waals surface area contributed by atoms with Crippen LogP contribution in [0.2, 0.25) is 0 Å². The highest BCUT2D eigenvalue weighted by atomic mass is 16.2. The fraction of sp³-hybridized carbons (Fsp3) is 0.556. The molecule has 2 rings (SSSR count). The summed E-state index contributed by atoms with van der Waals surface area (Å²) in [6, 6.07) is 5.22. The second kappa shape index (κ2) is 8.71. The lowest BCUT2D eigenvalue weighted by Gasteiger charge is -2.35. The normalized spacial score (nSPS) is 16.2. The van der Waals surface area contributed by atoms with Crippen LogP contribution in [0.5, 0.6) is 0 Å². The number of hydrogen-bond acceptors (Lipinski definition) is 5. The van der Waals surface area contributed by atoms with Crippen LogP contribution in [0.1, 0.15) is 19.4 Å². The average molecular weight is 347 g/mol. The van der Waals surface area contributed by atoms with Gasteiger partial charge in [0.2, 0.25) is 5.91 Å². The number of aryl methyl sites for hydroxylation is 1. The third-order valence-corrected chi connectivity index (χ3v) is 4.62. The molecule has 1 heterocycles. The molecule has 1 atom stereocenters. The first kappa shape index (κ1) is 19.1. The molecule has 0 saturated carbocycles. The van der Waals surface area contributed by atoms with Gasteiger partial charge in [0.05, 0.1) is 0 Å². The molecule has 1 aliphatic rings. The van der Waals surface area contributed by atoms with E-state index in [-0.39, 0.29) is 5.91 Å². The number of amides is 3. The van der Waals surface area contributed by atoms with Crippen molar-refractivity contribution in [3.63, 3.8) is 0 Å². The van der Waals surface area contributed by atoms with E-state index in [0.29, 0.717) is 0 Å². The van der Waals surface area contributed by atoms with Crippen molar-refractivity contribution in [1.29, 1.82) is 0 Å². The number of rotatable bonds is 5. The first-order chi connectivity index (χ1) is 11.9. The Morgan fingerprint density at radius 2 is 1.88 bits per heavy atom. The van der Waals surface area contributed by atoms with Gasteiger partial charge in [-0.1, -0.05) is 6.92 Å². The van der Waals surface area contributed by atoms with Crippen LogP contribution >= 0.6 is 0 Å². The van der Waals surface area contributed by atoms with E-state index in [1.807, 2.05) is 13.0 Å². The molecule has 1 fully saturated rings. The molecule has 7 heteroatoms. The van der Waals surface area contributed by atoms with E-state index >= 15 is 0 Å². The first-order valence-electron chi connectivity index (χ1n) is 8.81. The van der Waals surface area contributed by atoms with E-state index in [2.05, 4.69) is 44.8 Å². The molecule has 0 spiro atoms. The van der Waals surface area contributed by atoms with E-state index in [0.717, 1.165) is 44.0 Å². The minimum Gasteiger partial charge on any atom is -0.374 e. The second-order valence-electron chi connectivity index (χ2n) is 6.35. The van der Waals surface area contributed by atoms with Crippen LogP contribution in [0, 0.1) is 6.92 Å². The smallest absolute Gasteiger partial charge is 0.321 e. The van der Waals surface area contributed by atoms with Crippen molar-refractivity contribution >= 4 is 23.3 Å². The zero-order valence-corrected chi connectivity index (χ0v) is 15.6. The Morgan fingerprint density at radius 3 is 2.44 bits per heavy atom. The van der Waals surface area contributed by atoms with Crippen molar-refractivity contribution in [2.45, 2.75) is 26.8 Å². The van der Waals surface area contributed by atoms with E-state index in [1.165, 1.54) is 12.7 Å². The van der Waals surface area contributed by atoms with Crippen molar-refractivity contribution in [3.05, 3.63) is 23.8 Å². The fourth-order valence-corrected chi connectivity index (χ4v) is 2.91. The molecule has 0 bridgehead atoms. The molecule has 1 saturated heterocycles. The van der Waals surface area contributed by atoms with Crippen molar-refractivity contribution in [1.82, 2.24) is 15.5 Å². The Labute approximate surface area is 149 Å². The van der Waals surface area contributed by atoms with Gasteiger partial charge in [0.25, 0.3) is 0 Å². The molecule has 1 unspecified atom stereocenters. The standard InChI is InChI=1S/C18H29N5O2/c1-5-22-8-10-23(11-9-22)15-6-7-16(13(2)12-15)20-14(3)17(24)21-18(25)19-4/h6-7,12,14,20H,5,8-11H2,1-4H3,(H2,19,21,24,25). The molecule has 3 N–H and O–H groups in total. The monoisotopic (exact) mass is 347 g/mol. The Hall–Kier alpha value is -2.28. The van der Waals surface area contributed by atoms with Crippen LogP contribution in [0.25, 0.3) is 0 Å². The van der Waals surface area contributed by atoms with Gasteiger partial charge in [-0.15, -0.1) is 0 Å². The number of carbonyl (C=O) groups is 2. The number of benzene rings is 1. The quantitative estimate of drug-likeness (QED) is 0.750. The summed E-state index contributed by atoms with van der Waals surface area (Å²) in [5.74, 6) is -0.362. The summed E-state index contributed by atoms with van der Waals surface area (Å²) < 4.78 is 0. The minimum absolute atomic E-state index is 0.362. The number of nitrogens with zero attached hydrogens (tertiary/aromatic N) is 2. The third-order valence-electron chi connectivity index (χ3n) is 4.62. The first-order valence-corrected chi connectivity index (χ1v) is 8.81. The van der Waals surface area contributed by atoms with Crippen LogP contribution < -0.4 is 20.9 Å². The molecular weight excluding hydrogens is 318 g/mol. The predicted molar refractivity (Wildman–Crippen MR) is 101 cm³/mol. The minimum atomic E-state index is -0.505. The van der Waals surface area contributed by atoms with Crippen molar-refractivity contribution < 1.29 is 9.59 Å². The van der Waals surface area contributed by atoms with E-state index < -0.39 is 12.1 Å². The summed E-state index contributed by atoms with van der Waals surface area (Å²) in [7, 11) is 1.48. The lowest BCUT2D eigenvalue weighted by molar-refractivity contribution is -0.120. The highest BCUT2D eigenvalue weighted by molar-refractivity contribution is 5.97. The number of urea groups is 1. The zero-order chi connectivity index (χ0) is 18.4. The maximum absolute atomic E-state index is 12.0. The molecule has 1 aromatic rings. The van der Waals surface area contributed by atoms with Gasteiger partial charge in [-0.05, 0) is 44.2 Å². The summed E-state index contributed by atoms with van der Waals surface area (Å²) in [4.78, 5) is 28.0. The second-order valence-corrected chi connectivity index (χ2v) is 6.35. The highest BCUT2D eigenvalue weighted by Gasteiger charge is 2.18. The van der Waals surface area contributed by atoms with Crippen LogP contribution in [0.15, 0.2) is 18.2 Å². The lowest BCUT2D eigenvalue weighted by atomic mass is 10.1. The summed E-state index contributed by atoms with van der Waals surface area (Å²) >= 11 is 0. The Balaban J connectivity index is 1.97. The maximum Gasteiger partial charge on any atom is 0.321 e. The number of hydrogen-bond donors (Lipinski definition) is 3. The van der Waals surface area contributed by atoms with Gasteiger partial charge in [0.15, 0.2) is 0 Å². The topological polar surface area (TPSA) is 76.7 Å². The molecule has 3 amide bonds. The summed E-state index contributed by atoms with van der Waals surface area (Å²) in [6.07, 6.45) is 0. The van der Waals surface area contributed by atoms with E-state index in [4.69, 9.17) is 0 Å². The molecule has 1 aliphatic heterocycles. The van der Waals surface area contributed by atoms with Gasteiger partial charge in [-0.3, -0.25) is 10.1 Å². The van der Waals surface area contributed by atoms with Crippen LogP contribution in [0.4, 0.5) is 16.2 Å². The average Bonchev–Trinajstić information content (AvgIpc) is 2.63. The summed E-state index contributed by atoms with van der Waals surface area (Å²) in [6.45, 7) is 11.3. The van der Waals surface area contributed by atoms with E-state index in [1.54, 1.807) is 6.92 Å². The van der Waals surface area contributed by atoms with Crippen LogP contribution in [0.3, 0.4) is 0 Å². The molecule has 0 aromatic heterocycles. The van der Waals surface area contributed by atoms with Gasteiger partial charge in [-0.25, -0.2) is 4.79 Å². The largest absolute Gasteiger partial charge is 0.374 e. The number of carbonyl (C=O) groups excluding carboxylic acids is 2. The fourth-order valence-electron chi connectivity index (χ4n) is 2.91. The van der Waals surface area contributed by atoms with Crippen molar-refractivity contribution in [2.75, 3.05) is 50.0 Å². The molecule has 138 valence electrons. The van der Waals surface area contributed by atoms with Crippen LogP contribution in [-0.4, -0.2) is 62.7 Å². The van der Waals surface area contributed by atoms with Gasteiger partial charge >= 0.3 is 6.03 Å². The molecule has 7 nitrogen and oxygen atoms in total. The Bertz CT molecular complexity index is 611. The number of nitrogens with one attached hydrogen (secondary N) is 3. The maximum atomic E-state index is 12.0. The molecule has 0 radical (unpaired) electrons. The third kappa shape index (κ3) is 5.09. The Morgan fingerprint density at radius 1 is 1.20 bits per heavy atom. The van der Waals surface area contributed by atoms with E-state index in [9.17, 15) is 9.59 Å². The molecule has 25 heavy (non-hydrogen) atoms. The number of imide groups is 1.